The first kappa shape index (κ1) is 10.6. The minimum Gasteiger partial charge on any atom is -0.351 e. The summed E-state index contributed by atoms with van der Waals surface area (Å²) in [4.78, 5) is 12.7. The highest BCUT2D eigenvalue weighted by Crippen LogP contribution is 2.44. The van der Waals surface area contributed by atoms with Gasteiger partial charge in [-0.15, -0.1) is 11.3 Å². The Kier molecular flexibility index (Phi) is 2.56. The van der Waals surface area contributed by atoms with Gasteiger partial charge in [-0.3, -0.25) is 4.79 Å². The molecule has 3 N–H and O–H groups in total. The lowest BCUT2D eigenvalue weighted by molar-refractivity contribution is -0.122. The van der Waals surface area contributed by atoms with Crippen molar-refractivity contribution in [2.45, 2.75) is 32.4 Å². The molecule has 4 heteroatoms. The van der Waals surface area contributed by atoms with E-state index in [-0.39, 0.29) is 11.3 Å². The largest absolute Gasteiger partial charge is 0.351 e. The minimum atomic E-state index is -0.513. The molecule has 1 aliphatic rings. The quantitative estimate of drug-likeness (QED) is 0.820. The van der Waals surface area contributed by atoms with Gasteiger partial charge in [-0.2, -0.15) is 0 Å². The zero-order valence-corrected chi connectivity index (χ0v) is 9.80. The van der Waals surface area contributed by atoms with Crippen LogP contribution in [0.5, 0.6) is 0 Å². The van der Waals surface area contributed by atoms with Crippen molar-refractivity contribution in [1.29, 1.82) is 0 Å². The van der Waals surface area contributed by atoms with Gasteiger partial charge in [0.05, 0.1) is 0 Å². The van der Waals surface area contributed by atoms with E-state index >= 15 is 0 Å². The number of thiophene rings is 1. The van der Waals surface area contributed by atoms with Crippen LogP contribution in [0.2, 0.25) is 0 Å². The lowest BCUT2D eigenvalue weighted by Gasteiger charge is -2.11. The second kappa shape index (κ2) is 3.61. The highest BCUT2D eigenvalue weighted by atomic mass is 32.1. The van der Waals surface area contributed by atoms with Crippen molar-refractivity contribution in [2.75, 3.05) is 0 Å². The number of carbonyl (C=O) groups is 1. The van der Waals surface area contributed by atoms with E-state index in [9.17, 15) is 4.79 Å². The molecule has 0 spiro atoms. The number of hydrogen-bond donors (Lipinski definition) is 2. The summed E-state index contributed by atoms with van der Waals surface area (Å²) in [6.45, 7) is 4.29. The number of nitrogens with one attached hydrogen (secondary N) is 1. The van der Waals surface area contributed by atoms with Crippen LogP contribution in [-0.2, 0) is 4.79 Å². The summed E-state index contributed by atoms with van der Waals surface area (Å²) in [5, 5.41) is 4.91. The average Bonchev–Trinajstić information content (AvgIpc) is 2.66. The molecule has 1 aromatic heterocycles. The van der Waals surface area contributed by atoms with Gasteiger partial charge in [0.25, 0.3) is 0 Å². The van der Waals surface area contributed by atoms with Crippen LogP contribution in [0.25, 0.3) is 0 Å². The fourth-order valence-electron chi connectivity index (χ4n) is 1.57. The Labute approximate surface area is 93.7 Å². The molecule has 0 aliphatic heterocycles. The average molecular weight is 224 g/mol. The summed E-state index contributed by atoms with van der Waals surface area (Å²) in [6.07, 6.45) is 1.05. The highest BCUT2D eigenvalue weighted by molar-refractivity contribution is 7.10. The van der Waals surface area contributed by atoms with E-state index in [0.29, 0.717) is 6.04 Å². The fourth-order valence-corrected chi connectivity index (χ4v) is 2.30. The van der Waals surface area contributed by atoms with Crippen molar-refractivity contribution in [1.82, 2.24) is 5.32 Å². The van der Waals surface area contributed by atoms with E-state index in [1.165, 1.54) is 11.3 Å². The standard InChI is InChI=1S/C11H16N2OS/c1-11(2)6-8(11)13-10(14)9(12)7-4-3-5-15-7/h3-5,8-9H,6,12H2,1-2H3,(H,13,14). The molecule has 0 bridgehead atoms. The Bertz CT molecular complexity index is 359. The van der Waals surface area contributed by atoms with Gasteiger partial charge in [0.2, 0.25) is 5.91 Å². The fraction of sp³-hybridized carbons (Fsp3) is 0.545. The summed E-state index contributed by atoms with van der Waals surface area (Å²) >= 11 is 1.52. The van der Waals surface area contributed by atoms with Crippen molar-refractivity contribution in [3.63, 3.8) is 0 Å². The van der Waals surface area contributed by atoms with Crippen LogP contribution < -0.4 is 11.1 Å². The summed E-state index contributed by atoms with van der Waals surface area (Å²) in [5.41, 5.74) is 6.10. The van der Waals surface area contributed by atoms with E-state index in [1.807, 2.05) is 17.5 Å². The normalized spacial score (nSPS) is 24.6. The van der Waals surface area contributed by atoms with E-state index in [4.69, 9.17) is 5.73 Å². The van der Waals surface area contributed by atoms with Crippen LogP contribution in [-0.4, -0.2) is 11.9 Å². The third-order valence-electron chi connectivity index (χ3n) is 2.96. The lowest BCUT2D eigenvalue weighted by atomic mass is 10.2. The van der Waals surface area contributed by atoms with Crippen LogP contribution in [0.15, 0.2) is 17.5 Å². The van der Waals surface area contributed by atoms with Crippen molar-refractivity contribution >= 4 is 17.2 Å². The summed E-state index contributed by atoms with van der Waals surface area (Å²) in [5.74, 6) is -0.0620. The van der Waals surface area contributed by atoms with E-state index in [0.717, 1.165) is 11.3 Å². The predicted molar refractivity (Wildman–Crippen MR) is 61.6 cm³/mol. The predicted octanol–water partition coefficient (Wildman–Crippen LogP) is 1.66. The van der Waals surface area contributed by atoms with E-state index in [1.54, 1.807) is 0 Å². The zero-order chi connectivity index (χ0) is 11.1. The van der Waals surface area contributed by atoms with Gasteiger partial charge in [-0.1, -0.05) is 19.9 Å². The van der Waals surface area contributed by atoms with Gasteiger partial charge in [0.1, 0.15) is 6.04 Å². The Morgan fingerprint density at radius 1 is 1.73 bits per heavy atom. The molecule has 2 rings (SSSR count). The molecule has 0 radical (unpaired) electrons. The molecule has 3 nitrogen and oxygen atoms in total. The number of amides is 1. The SMILES string of the molecule is CC1(C)CC1NC(=O)C(N)c1cccs1. The van der Waals surface area contributed by atoms with Gasteiger partial charge in [-0.05, 0) is 23.3 Å². The first-order valence-corrected chi connectivity index (χ1v) is 5.98. The first-order chi connectivity index (χ1) is 7.00. The van der Waals surface area contributed by atoms with Gasteiger partial charge < -0.3 is 11.1 Å². The van der Waals surface area contributed by atoms with E-state index in [2.05, 4.69) is 19.2 Å². The van der Waals surface area contributed by atoms with Crippen molar-refractivity contribution in [2.24, 2.45) is 11.1 Å². The topological polar surface area (TPSA) is 55.1 Å². The maximum Gasteiger partial charge on any atom is 0.242 e. The molecule has 2 atom stereocenters. The molecular weight excluding hydrogens is 208 g/mol. The van der Waals surface area contributed by atoms with Crippen molar-refractivity contribution in [3.8, 4) is 0 Å². The summed E-state index contributed by atoms with van der Waals surface area (Å²) in [7, 11) is 0. The number of rotatable bonds is 3. The second-order valence-corrected chi connectivity index (χ2v) is 5.73. The van der Waals surface area contributed by atoms with Crippen LogP contribution in [0.4, 0.5) is 0 Å². The van der Waals surface area contributed by atoms with Crippen LogP contribution in [0.1, 0.15) is 31.2 Å². The highest BCUT2D eigenvalue weighted by Gasteiger charge is 2.47. The zero-order valence-electron chi connectivity index (χ0n) is 8.99. The molecule has 1 saturated carbocycles. The Morgan fingerprint density at radius 3 is 2.87 bits per heavy atom. The number of hydrogen-bond acceptors (Lipinski definition) is 3. The molecule has 1 fully saturated rings. The summed E-state index contributed by atoms with van der Waals surface area (Å²) < 4.78 is 0. The Hall–Kier alpha value is -0.870. The minimum absolute atomic E-state index is 0.0620. The smallest absolute Gasteiger partial charge is 0.242 e. The Balaban J connectivity index is 1.92. The number of nitrogens with two attached hydrogens (primary N) is 1. The molecule has 82 valence electrons. The van der Waals surface area contributed by atoms with Gasteiger partial charge in [0, 0.05) is 10.9 Å². The maximum atomic E-state index is 11.8. The third-order valence-corrected chi connectivity index (χ3v) is 3.92. The van der Waals surface area contributed by atoms with Crippen LogP contribution >= 0.6 is 11.3 Å². The molecular formula is C11H16N2OS. The van der Waals surface area contributed by atoms with Crippen molar-refractivity contribution in [3.05, 3.63) is 22.4 Å². The van der Waals surface area contributed by atoms with Gasteiger partial charge >= 0.3 is 0 Å². The Morgan fingerprint density at radius 2 is 2.40 bits per heavy atom. The molecule has 0 saturated heterocycles. The molecule has 2 unspecified atom stereocenters. The number of carbonyl (C=O) groups excluding carboxylic acids is 1. The third kappa shape index (κ3) is 2.21. The monoisotopic (exact) mass is 224 g/mol. The molecule has 1 aliphatic carbocycles. The molecule has 0 aromatic carbocycles. The van der Waals surface area contributed by atoms with E-state index < -0.39 is 6.04 Å². The summed E-state index contributed by atoms with van der Waals surface area (Å²) in [6, 6.07) is 3.60. The van der Waals surface area contributed by atoms with Crippen molar-refractivity contribution < 1.29 is 4.79 Å². The molecule has 1 aromatic rings. The molecule has 1 heterocycles. The van der Waals surface area contributed by atoms with Gasteiger partial charge in [0.15, 0.2) is 0 Å². The molecule has 15 heavy (non-hydrogen) atoms. The second-order valence-electron chi connectivity index (χ2n) is 4.75. The van der Waals surface area contributed by atoms with Gasteiger partial charge in [-0.25, -0.2) is 0 Å². The maximum absolute atomic E-state index is 11.8. The van der Waals surface area contributed by atoms with Crippen LogP contribution in [0.3, 0.4) is 0 Å². The first-order valence-electron chi connectivity index (χ1n) is 5.10. The lowest BCUT2D eigenvalue weighted by Crippen LogP contribution is -2.36. The van der Waals surface area contributed by atoms with Crippen LogP contribution in [0, 0.1) is 5.41 Å². The molecule has 1 amide bonds.